The highest BCUT2D eigenvalue weighted by Crippen LogP contribution is 2.13. The van der Waals surface area contributed by atoms with Gasteiger partial charge in [-0.15, -0.1) is 0 Å². The highest BCUT2D eigenvalue weighted by atomic mass is 32.2. The third-order valence-corrected chi connectivity index (χ3v) is 2.95. The van der Waals surface area contributed by atoms with Gasteiger partial charge in [-0.2, -0.15) is 11.8 Å². The summed E-state index contributed by atoms with van der Waals surface area (Å²) in [5, 5.41) is 3.45. The van der Waals surface area contributed by atoms with Gasteiger partial charge in [-0.3, -0.25) is 4.79 Å². The van der Waals surface area contributed by atoms with Crippen molar-refractivity contribution in [3.05, 3.63) is 12.7 Å². The van der Waals surface area contributed by atoms with E-state index < -0.39 is 0 Å². The van der Waals surface area contributed by atoms with E-state index >= 15 is 0 Å². The zero-order chi connectivity index (χ0) is 10.3. The Bertz CT molecular complexity index is 168. The van der Waals surface area contributed by atoms with Gasteiger partial charge in [0.05, 0.1) is 0 Å². The van der Waals surface area contributed by atoms with Gasteiger partial charge in [0, 0.05) is 6.54 Å². The SMILES string of the molecule is C=CC(=O)NCC(C)CSC(C)C. The first-order chi connectivity index (χ1) is 6.06. The molecule has 1 unspecified atom stereocenters. The van der Waals surface area contributed by atoms with Gasteiger partial charge in [0.25, 0.3) is 0 Å². The summed E-state index contributed by atoms with van der Waals surface area (Å²) in [5.41, 5.74) is 0. The molecule has 0 radical (unpaired) electrons. The van der Waals surface area contributed by atoms with Crippen molar-refractivity contribution in [2.75, 3.05) is 12.3 Å². The van der Waals surface area contributed by atoms with E-state index in [1.807, 2.05) is 11.8 Å². The normalized spacial score (nSPS) is 12.6. The van der Waals surface area contributed by atoms with E-state index in [-0.39, 0.29) is 5.91 Å². The Labute approximate surface area is 85.2 Å². The molecule has 1 amide bonds. The summed E-state index contributed by atoms with van der Waals surface area (Å²) < 4.78 is 0. The zero-order valence-electron chi connectivity index (χ0n) is 8.67. The highest BCUT2D eigenvalue weighted by Gasteiger charge is 2.04. The average Bonchev–Trinajstić information content (AvgIpc) is 2.10. The molecule has 0 heterocycles. The zero-order valence-corrected chi connectivity index (χ0v) is 9.49. The van der Waals surface area contributed by atoms with Crippen LogP contribution < -0.4 is 5.32 Å². The van der Waals surface area contributed by atoms with Crippen LogP contribution in [0.15, 0.2) is 12.7 Å². The molecule has 2 nitrogen and oxygen atoms in total. The van der Waals surface area contributed by atoms with Gasteiger partial charge in [-0.25, -0.2) is 0 Å². The first-order valence-electron chi connectivity index (χ1n) is 4.58. The predicted octanol–water partition coefficient (Wildman–Crippen LogP) is 2.07. The Balaban J connectivity index is 3.45. The highest BCUT2D eigenvalue weighted by molar-refractivity contribution is 7.99. The number of thioether (sulfide) groups is 1. The molecular formula is C10H19NOS. The number of carbonyl (C=O) groups excluding carboxylic acids is 1. The molecule has 76 valence electrons. The Hall–Kier alpha value is -0.440. The van der Waals surface area contributed by atoms with E-state index in [9.17, 15) is 4.79 Å². The molecule has 0 saturated carbocycles. The largest absolute Gasteiger partial charge is 0.352 e. The average molecular weight is 201 g/mol. The molecule has 0 aliphatic carbocycles. The third kappa shape index (κ3) is 7.91. The van der Waals surface area contributed by atoms with Crippen molar-refractivity contribution in [1.82, 2.24) is 5.32 Å². The van der Waals surface area contributed by atoms with Gasteiger partial charge in [-0.1, -0.05) is 27.4 Å². The fourth-order valence-electron chi connectivity index (χ4n) is 0.763. The molecular weight excluding hydrogens is 182 g/mol. The van der Waals surface area contributed by atoms with Gasteiger partial charge in [0.2, 0.25) is 5.91 Å². The van der Waals surface area contributed by atoms with Crippen LogP contribution in [-0.2, 0) is 4.79 Å². The van der Waals surface area contributed by atoms with Crippen LogP contribution in [0.3, 0.4) is 0 Å². The van der Waals surface area contributed by atoms with E-state index in [0.29, 0.717) is 11.2 Å². The molecule has 1 N–H and O–H groups in total. The molecule has 0 fully saturated rings. The number of hydrogen-bond donors (Lipinski definition) is 1. The number of hydrogen-bond acceptors (Lipinski definition) is 2. The van der Waals surface area contributed by atoms with E-state index in [1.165, 1.54) is 6.08 Å². The first kappa shape index (κ1) is 12.6. The molecule has 0 bridgehead atoms. The van der Waals surface area contributed by atoms with E-state index in [0.717, 1.165) is 12.3 Å². The van der Waals surface area contributed by atoms with Crippen LogP contribution in [-0.4, -0.2) is 23.5 Å². The maximum absolute atomic E-state index is 10.8. The van der Waals surface area contributed by atoms with Gasteiger partial charge < -0.3 is 5.32 Å². The van der Waals surface area contributed by atoms with Gasteiger partial charge >= 0.3 is 0 Å². The summed E-state index contributed by atoms with van der Waals surface area (Å²) in [6.45, 7) is 10.6. The molecule has 0 rings (SSSR count). The molecule has 0 aliphatic heterocycles. The van der Waals surface area contributed by atoms with Crippen molar-refractivity contribution in [3.8, 4) is 0 Å². The summed E-state index contributed by atoms with van der Waals surface area (Å²) >= 11 is 1.92. The summed E-state index contributed by atoms with van der Waals surface area (Å²) in [7, 11) is 0. The number of carbonyl (C=O) groups is 1. The lowest BCUT2D eigenvalue weighted by Gasteiger charge is -2.12. The van der Waals surface area contributed by atoms with Crippen molar-refractivity contribution >= 4 is 17.7 Å². The van der Waals surface area contributed by atoms with Crippen LogP contribution in [0.1, 0.15) is 20.8 Å². The molecule has 0 aromatic heterocycles. The maximum atomic E-state index is 10.8. The summed E-state index contributed by atoms with van der Waals surface area (Å²) in [6.07, 6.45) is 1.31. The minimum Gasteiger partial charge on any atom is -0.352 e. The lowest BCUT2D eigenvalue weighted by atomic mass is 10.2. The molecule has 13 heavy (non-hydrogen) atoms. The van der Waals surface area contributed by atoms with Crippen LogP contribution in [0.2, 0.25) is 0 Å². The summed E-state index contributed by atoms with van der Waals surface area (Å²) in [5.74, 6) is 1.53. The Morgan fingerprint density at radius 2 is 2.15 bits per heavy atom. The van der Waals surface area contributed by atoms with E-state index in [2.05, 4.69) is 32.7 Å². The monoisotopic (exact) mass is 201 g/mol. The summed E-state index contributed by atoms with van der Waals surface area (Å²) in [4.78, 5) is 10.8. The van der Waals surface area contributed by atoms with Gasteiger partial charge in [0.15, 0.2) is 0 Å². The van der Waals surface area contributed by atoms with Crippen LogP contribution in [0.4, 0.5) is 0 Å². The van der Waals surface area contributed by atoms with Crippen molar-refractivity contribution in [3.63, 3.8) is 0 Å². The fourth-order valence-corrected chi connectivity index (χ4v) is 1.59. The van der Waals surface area contributed by atoms with E-state index in [1.54, 1.807) is 0 Å². The van der Waals surface area contributed by atoms with Crippen LogP contribution in [0.5, 0.6) is 0 Å². The molecule has 1 atom stereocenters. The molecule has 3 heteroatoms. The Morgan fingerprint density at radius 3 is 2.62 bits per heavy atom. The number of nitrogens with one attached hydrogen (secondary N) is 1. The third-order valence-electron chi connectivity index (χ3n) is 1.52. The maximum Gasteiger partial charge on any atom is 0.243 e. The minimum absolute atomic E-state index is 0.0820. The molecule has 0 aromatic carbocycles. The van der Waals surface area contributed by atoms with Crippen LogP contribution in [0, 0.1) is 5.92 Å². The topological polar surface area (TPSA) is 29.1 Å². The van der Waals surface area contributed by atoms with Gasteiger partial charge in [0.1, 0.15) is 0 Å². The molecule has 0 spiro atoms. The minimum atomic E-state index is -0.0820. The fraction of sp³-hybridized carbons (Fsp3) is 0.700. The van der Waals surface area contributed by atoms with Crippen LogP contribution in [0.25, 0.3) is 0 Å². The standard InChI is InChI=1S/C10H19NOS/c1-5-10(12)11-6-9(4)7-13-8(2)3/h5,8-9H,1,6-7H2,2-4H3,(H,11,12). The summed E-state index contributed by atoms with van der Waals surface area (Å²) in [6, 6.07) is 0. The van der Waals surface area contributed by atoms with Crippen LogP contribution >= 0.6 is 11.8 Å². The lowest BCUT2D eigenvalue weighted by molar-refractivity contribution is -0.116. The lowest BCUT2D eigenvalue weighted by Crippen LogP contribution is -2.27. The second-order valence-corrected chi connectivity index (χ2v) is 5.05. The number of rotatable bonds is 6. The predicted molar refractivity (Wildman–Crippen MR) is 60.0 cm³/mol. The quantitative estimate of drug-likeness (QED) is 0.667. The van der Waals surface area contributed by atoms with Crippen molar-refractivity contribution < 1.29 is 4.79 Å². The molecule has 0 aliphatic rings. The van der Waals surface area contributed by atoms with Gasteiger partial charge in [-0.05, 0) is 23.0 Å². The molecule has 0 aromatic rings. The Morgan fingerprint density at radius 1 is 1.54 bits per heavy atom. The number of amides is 1. The first-order valence-corrected chi connectivity index (χ1v) is 5.63. The smallest absolute Gasteiger partial charge is 0.243 e. The van der Waals surface area contributed by atoms with Crippen molar-refractivity contribution in [2.24, 2.45) is 5.92 Å². The Kier molecular flexibility index (Phi) is 6.77. The molecule has 0 saturated heterocycles. The second-order valence-electron chi connectivity index (χ2n) is 3.44. The van der Waals surface area contributed by atoms with E-state index in [4.69, 9.17) is 0 Å². The van der Waals surface area contributed by atoms with Crippen molar-refractivity contribution in [1.29, 1.82) is 0 Å². The second kappa shape index (κ2) is 7.01. The van der Waals surface area contributed by atoms with Crippen molar-refractivity contribution in [2.45, 2.75) is 26.0 Å².